The van der Waals surface area contributed by atoms with Gasteiger partial charge >= 0.3 is 0 Å². The van der Waals surface area contributed by atoms with E-state index < -0.39 is 0 Å². The Morgan fingerprint density at radius 1 is 1.09 bits per heavy atom. The molecule has 8 nitrogen and oxygen atoms in total. The van der Waals surface area contributed by atoms with Gasteiger partial charge in [0, 0.05) is 19.9 Å². The molecule has 3 rings (SSSR count). The molecular formula is C24H33N3O5. The van der Waals surface area contributed by atoms with Crippen molar-refractivity contribution in [2.24, 2.45) is 5.92 Å². The minimum absolute atomic E-state index is 0.0450. The second kappa shape index (κ2) is 11.7. The smallest absolute Gasteiger partial charge is 0.246 e. The number of hydrogen-bond acceptors (Lipinski definition) is 7. The van der Waals surface area contributed by atoms with Gasteiger partial charge in [-0.3, -0.25) is 14.7 Å². The maximum Gasteiger partial charge on any atom is 0.246 e. The summed E-state index contributed by atoms with van der Waals surface area (Å²) in [6.07, 6.45) is 3.68. The van der Waals surface area contributed by atoms with Crippen LogP contribution in [0.2, 0.25) is 0 Å². The van der Waals surface area contributed by atoms with Gasteiger partial charge in [0.15, 0.2) is 11.5 Å². The second-order valence-electron chi connectivity index (χ2n) is 7.88. The number of ether oxygens (including phenoxy) is 4. The van der Waals surface area contributed by atoms with Crippen LogP contribution in [0.5, 0.6) is 17.2 Å². The van der Waals surface area contributed by atoms with Crippen LogP contribution in [0, 0.1) is 5.92 Å². The first-order valence-electron chi connectivity index (χ1n) is 10.8. The third-order valence-electron chi connectivity index (χ3n) is 5.83. The molecule has 0 saturated carbocycles. The molecule has 1 aromatic carbocycles. The van der Waals surface area contributed by atoms with Gasteiger partial charge in [0.25, 0.3) is 0 Å². The van der Waals surface area contributed by atoms with Gasteiger partial charge in [-0.05, 0) is 61.7 Å². The number of benzene rings is 1. The van der Waals surface area contributed by atoms with Gasteiger partial charge in [0.05, 0.1) is 33.1 Å². The summed E-state index contributed by atoms with van der Waals surface area (Å²) in [5, 5.41) is 3.12. The number of aromatic nitrogens is 1. The molecule has 2 aromatic rings. The summed E-state index contributed by atoms with van der Waals surface area (Å²) < 4.78 is 21.4. The molecule has 0 aliphatic carbocycles. The Bertz CT molecular complexity index is 844. The second-order valence-corrected chi connectivity index (χ2v) is 7.88. The number of rotatable bonds is 10. The van der Waals surface area contributed by atoms with E-state index in [4.69, 9.17) is 18.9 Å². The van der Waals surface area contributed by atoms with E-state index in [1.807, 2.05) is 30.3 Å². The normalized spacial score (nSPS) is 15.8. The van der Waals surface area contributed by atoms with Crippen molar-refractivity contribution in [3.05, 3.63) is 47.8 Å². The minimum atomic E-state index is -0.123. The Balaban J connectivity index is 1.67. The van der Waals surface area contributed by atoms with Crippen LogP contribution in [0.4, 0.5) is 0 Å². The fraction of sp³-hybridized carbons (Fsp3) is 0.500. The highest BCUT2D eigenvalue weighted by Gasteiger charge is 2.30. The zero-order valence-corrected chi connectivity index (χ0v) is 19.3. The van der Waals surface area contributed by atoms with Crippen molar-refractivity contribution in [3.63, 3.8) is 0 Å². The Hall–Kier alpha value is -2.84. The minimum Gasteiger partial charge on any atom is -0.493 e. The van der Waals surface area contributed by atoms with Crippen LogP contribution in [0.1, 0.15) is 30.1 Å². The maximum atomic E-state index is 12.2. The fourth-order valence-electron chi connectivity index (χ4n) is 4.27. The van der Waals surface area contributed by atoms with Crippen LogP contribution in [0.15, 0.2) is 36.5 Å². The van der Waals surface area contributed by atoms with Gasteiger partial charge in [0.1, 0.15) is 6.61 Å². The number of methoxy groups -OCH3 is 4. The number of likely N-dealkylation sites (tertiary alicyclic amines) is 1. The first kappa shape index (κ1) is 23.8. The van der Waals surface area contributed by atoms with Gasteiger partial charge in [-0.1, -0.05) is 6.07 Å². The largest absolute Gasteiger partial charge is 0.493 e. The van der Waals surface area contributed by atoms with Crippen molar-refractivity contribution in [1.29, 1.82) is 0 Å². The number of amides is 1. The van der Waals surface area contributed by atoms with Gasteiger partial charge < -0.3 is 24.3 Å². The lowest BCUT2D eigenvalue weighted by Crippen LogP contribution is -2.41. The van der Waals surface area contributed by atoms with Crippen LogP contribution in [-0.4, -0.2) is 63.9 Å². The summed E-state index contributed by atoms with van der Waals surface area (Å²) in [4.78, 5) is 19.1. The molecule has 1 aliphatic rings. The summed E-state index contributed by atoms with van der Waals surface area (Å²) in [5.41, 5.74) is 1.99. The molecule has 1 aromatic heterocycles. The first-order chi connectivity index (χ1) is 15.6. The Morgan fingerprint density at radius 2 is 1.78 bits per heavy atom. The van der Waals surface area contributed by atoms with Crippen LogP contribution >= 0.6 is 0 Å². The highest BCUT2D eigenvalue weighted by Crippen LogP contribution is 2.39. The molecule has 1 saturated heterocycles. The molecule has 1 atom stereocenters. The number of nitrogens with one attached hydrogen (secondary N) is 1. The molecule has 0 spiro atoms. The molecule has 2 heterocycles. The standard InChI is InChI=1S/C24H33N3O5/c1-29-16-22(28)26-23(19-7-5-6-10-25-19)18-8-11-27(12-9-18)15-17-13-20(30-2)24(32-4)21(14-17)31-3/h5-7,10,13-14,18,23H,8-9,11-12,15-16H2,1-4H3,(H,26,28)/t23-/m0/s1. The quantitative estimate of drug-likeness (QED) is 0.605. The lowest BCUT2D eigenvalue weighted by molar-refractivity contribution is -0.126. The van der Waals surface area contributed by atoms with Gasteiger partial charge in [-0.15, -0.1) is 0 Å². The average Bonchev–Trinajstić information content (AvgIpc) is 2.83. The van der Waals surface area contributed by atoms with E-state index in [0.717, 1.165) is 43.7 Å². The summed E-state index contributed by atoms with van der Waals surface area (Å²) in [5.74, 6) is 2.10. The molecule has 1 aliphatic heterocycles. The van der Waals surface area contributed by atoms with Crippen molar-refractivity contribution < 1.29 is 23.7 Å². The summed E-state index contributed by atoms with van der Waals surface area (Å²) in [6.45, 7) is 2.67. The monoisotopic (exact) mass is 443 g/mol. The van der Waals surface area contributed by atoms with Crippen LogP contribution in [-0.2, 0) is 16.1 Å². The summed E-state index contributed by atoms with van der Waals surface area (Å²) in [7, 11) is 6.38. The van der Waals surface area contributed by atoms with Crippen molar-refractivity contribution in [2.45, 2.75) is 25.4 Å². The molecule has 32 heavy (non-hydrogen) atoms. The average molecular weight is 444 g/mol. The molecule has 0 unspecified atom stereocenters. The van der Waals surface area contributed by atoms with Crippen molar-refractivity contribution in [2.75, 3.05) is 48.1 Å². The van der Waals surface area contributed by atoms with Crippen molar-refractivity contribution in [3.8, 4) is 17.2 Å². The number of carbonyl (C=O) groups excluding carboxylic acids is 1. The third kappa shape index (κ3) is 5.89. The lowest BCUT2D eigenvalue weighted by Gasteiger charge is -2.36. The molecule has 8 heteroatoms. The molecule has 1 fully saturated rings. The highest BCUT2D eigenvalue weighted by molar-refractivity contribution is 5.77. The maximum absolute atomic E-state index is 12.2. The number of pyridine rings is 1. The third-order valence-corrected chi connectivity index (χ3v) is 5.83. The van der Waals surface area contributed by atoms with Crippen molar-refractivity contribution in [1.82, 2.24) is 15.2 Å². The molecule has 0 bridgehead atoms. The number of piperidine rings is 1. The number of nitrogens with zero attached hydrogens (tertiary/aromatic N) is 2. The van der Waals surface area contributed by atoms with Gasteiger partial charge in [-0.25, -0.2) is 0 Å². The zero-order chi connectivity index (χ0) is 22.9. The van der Waals surface area contributed by atoms with Crippen LogP contribution in [0.25, 0.3) is 0 Å². The summed E-state index contributed by atoms with van der Waals surface area (Å²) >= 11 is 0. The van der Waals surface area contributed by atoms with E-state index in [1.165, 1.54) is 7.11 Å². The zero-order valence-electron chi connectivity index (χ0n) is 19.3. The Morgan fingerprint density at radius 3 is 2.31 bits per heavy atom. The Labute approximate surface area is 189 Å². The highest BCUT2D eigenvalue weighted by atomic mass is 16.5. The predicted molar refractivity (Wildman–Crippen MR) is 121 cm³/mol. The number of hydrogen-bond donors (Lipinski definition) is 1. The molecular weight excluding hydrogens is 410 g/mol. The SMILES string of the molecule is COCC(=O)N[C@H](c1ccccn1)C1CCN(Cc2cc(OC)c(OC)c(OC)c2)CC1. The van der Waals surface area contributed by atoms with E-state index in [1.54, 1.807) is 27.5 Å². The predicted octanol–water partition coefficient (Wildman–Crippen LogP) is 2.82. The Kier molecular flexibility index (Phi) is 8.70. The summed E-state index contributed by atoms with van der Waals surface area (Å²) in [6, 6.07) is 9.68. The molecule has 174 valence electrons. The number of carbonyl (C=O) groups is 1. The van der Waals surface area contributed by atoms with E-state index in [9.17, 15) is 4.79 Å². The van der Waals surface area contributed by atoms with Crippen LogP contribution < -0.4 is 19.5 Å². The van der Waals surface area contributed by atoms with E-state index >= 15 is 0 Å². The van der Waals surface area contributed by atoms with E-state index in [0.29, 0.717) is 23.2 Å². The van der Waals surface area contributed by atoms with E-state index in [2.05, 4.69) is 15.2 Å². The first-order valence-corrected chi connectivity index (χ1v) is 10.8. The van der Waals surface area contributed by atoms with Gasteiger partial charge in [-0.2, -0.15) is 0 Å². The van der Waals surface area contributed by atoms with Crippen molar-refractivity contribution >= 4 is 5.91 Å². The van der Waals surface area contributed by atoms with Gasteiger partial charge in [0.2, 0.25) is 11.7 Å². The van der Waals surface area contributed by atoms with E-state index in [-0.39, 0.29) is 18.6 Å². The molecule has 0 radical (unpaired) electrons. The van der Waals surface area contributed by atoms with Crippen LogP contribution in [0.3, 0.4) is 0 Å². The lowest BCUT2D eigenvalue weighted by atomic mass is 9.87. The fourth-order valence-corrected chi connectivity index (χ4v) is 4.27. The molecule has 1 amide bonds. The topological polar surface area (TPSA) is 82.2 Å². The molecule has 1 N–H and O–H groups in total.